The number of hydrogen-bond acceptors (Lipinski definition) is 4. The van der Waals surface area contributed by atoms with Crippen molar-refractivity contribution in [3.05, 3.63) is 58.6 Å². The van der Waals surface area contributed by atoms with Gasteiger partial charge in [0.25, 0.3) is 5.91 Å². The van der Waals surface area contributed by atoms with Crippen molar-refractivity contribution in [2.45, 2.75) is 6.92 Å². The van der Waals surface area contributed by atoms with Gasteiger partial charge < -0.3 is 15.4 Å². The number of halogens is 1. The molecule has 0 heterocycles. The summed E-state index contributed by atoms with van der Waals surface area (Å²) in [7, 11) is 0. The lowest BCUT2D eigenvalue weighted by Crippen LogP contribution is -2.35. The predicted molar refractivity (Wildman–Crippen MR) is 97.7 cm³/mol. The molecule has 6 nitrogen and oxygen atoms in total. The summed E-state index contributed by atoms with van der Waals surface area (Å²) in [6.45, 7) is 1.04. The van der Waals surface area contributed by atoms with Crippen molar-refractivity contribution in [2.75, 3.05) is 18.5 Å². The van der Waals surface area contributed by atoms with Gasteiger partial charge in [0.05, 0.1) is 12.2 Å². The lowest BCUT2D eigenvalue weighted by atomic mass is 10.1. The molecule has 2 N–H and O–H groups in total. The minimum Gasteiger partial charge on any atom is -0.484 e. The first-order chi connectivity index (χ1) is 12.0. The molecule has 2 aromatic carbocycles. The number of nitrogens with one attached hydrogen (secondary N) is 2. The summed E-state index contributed by atoms with van der Waals surface area (Å²) in [4.78, 5) is 34.9. The van der Waals surface area contributed by atoms with Crippen LogP contribution >= 0.6 is 15.9 Å². The number of benzene rings is 2. The van der Waals surface area contributed by atoms with Crippen LogP contribution in [0.4, 0.5) is 5.69 Å². The lowest BCUT2D eigenvalue weighted by Gasteiger charge is -2.09. The minimum atomic E-state index is -0.435. The molecule has 0 spiro atoms. The maximum Gasteiger partial charge on any atom is 0.258 e. The maximum absolute atomic E-state index is 11.8. The van der Waals surface area contributed by atoms with E-state index >= 15 is 0 Å². The number of Topliss-reactive ketones (excluding diaryl/α,β-unsaturated/α-hetero) is 1. The Morgan fingerprint density at radius 2 is 1.80 bits per heavy atom. The van der Waals surface area contributed by atoms with Crippen LogP contribution in [0.1, 0.15) is 17.3 Å². The summed E-state index contributed by atoms with van der Waals surface area (Å²) in [5, 5.41) is 5.15. The highest BCUT2D eigenvalue weighted by Crippen LogP contribution is 2.20. The number of hydrogen-bond donors (Lipinski definition) is 2. The van der Waals surface area contributed by atoms with Crippen LogP contribution in [0.5, 0.6) is 5.75 Å². The van der Waals surface area contributed by atoms with Crippen molar-refractivity contribution in [1.29, 1.82) is 0 Å². The number of carbonyl (C=O) groups is 3. The maximum atomic E-state index is 11.8. The average Bonchev–Trinajstić information content (AvgIpc) is 2.60. The Kier molecular flexibility index (Phi) is 6.71. The molecule has 0 saturated carbocycles. The van der Waals surface area contributed by atoms with Crippen molar-refractivity contribution < 1.29 is 19.1 Å². The van der Waals surface area contributed by atoms with Crippen molar-refractivity contribution in [1.82, 2.24) is 5.32 Å². The van der Waals surface area contributed by atoms with E-state index in [4.69, 9.17) is 4.74 Å². The fourth-order valence-corrected chi connectivity index (χ4v) is 2.32. The van der Waals surface area contributed by atoms with Crippen molar-refractivity contribution in [3.63, 3.8) is 0 Å². The van der Waals surface area contributed by atoms with Gasteiger partial charge in [0.15, 0.2) is 12.4 Å². The van der Waals surface area contributed by atoms with Crippen molar-refractivity contribution in [3.8, 4) is 5.75 Å². The lowest BCUT2D eigenvalue weighted by molar-refractivity contribution is -0.125. The Bertz CT molecular complexity index is 792. The Labute approximate surface area is 153 Å². The van der Waals surface area contributed by atoms with E-state index in [-0.39, 0.29) is 24.8 Å². The fraction of sp³-hybridized carbons (Fsp3) is 0.167. The molecular formula is C18H17BrN2O4. The van der Waals surface area contributed by atoms with E-state index in [2.05, 4.69) is 26.6 Å². The number of amides is 2. The van der Waals surface area contributed by atoms with Crippen molar-refractivity contribution >= 4 is 39.2 Å². The first-order valence-corrected chi connectivity index (χ1v) is 8.30. The summed E-state index contributed by atoms with van der Waals surface area (Å²) >= 11 is 3.33. The summed E-state index contributed by atoms with van der Waals surface area (Å²) in [6.07, 6.45) is 0. The van der Waals surface area contributed by atoms with E-state index in [1.165, 1.54) is 6.92 Å². The molecule has 0 radical (unpaired) electrons. The standard InChI is InChI=1S/C18H17BrN2O4/c1-12(22)13-5-4-6-14(9-13)25-11-18(24)20-10-17(23)21-16-8-3-2-7-15(16)19/h2-9H,10-11H2,1H3,(H,20,24)(H,21,23). The first-order valence-electron chi connectivity index (χ1n) is 7.50. The van der Waals surface area contributed by atoms with E-state index in [9.17, 15) is 14.4 Å². The number of carbonyl (C=O) groups excluding carboxylic acids is 3. The van der Waals surface area contributed by atoms with Gasteiger partial charge >= 0.3 is 0 Å². The van der Waals surface area contributed by atoms with Gasteiger partial charge in [0, 0.05) is 10.0 Å². The van der Waals surface area contributed by atoms with Gasteiger partial charge in [-0.05, 0) is 47.1 Å². The van der Waals surface area contributed by atoms with E-state index < -0.39 is 5.91 Å². The summed E-state index contributed by atoms with van der Waals surface area (Å²) in [6, 6.07) is 13.7. The molecule has 2 aromatic rings. The molecule has 0 aliphatic heterocycles. The Hall–Kier alpha value is -2.67. The molecule has 7 heteroatoms. The number of ketones is 1. The van der Waals surface area contributed by atoms with Gasteiger partial charge in [-0.25, -0.2) is 0 Å². The van der Waals surface area contributed by atoms with Gasteiger partial charge in [-0.15, -0.1) is 0 Å². The molecule has 0 fully saturated rings. The highest BCUT2D eigenvalue weighted by atomic mass is 79.9. The second kappa shape index (κ2) is 8.98. The Balaban J connectivity index is 1.77. The van der Waals surface area contributed by atoms with Gasteiger partial charge in [0.1, 0.15) is 5.75 Å². The zero-order valence-corrected chi connectivity index (χ0v) is 15.1. The third-order valence-electron chi connectivity index (χ3n) is 3.20. The number of rotatable bonds is 7. The molecule has 25 heavy (non-hydrogen) atoms. The quantitative estimate of drug-likeness (QED) is 0.694. The SMILES string of the molecule is CC(=O)c1cccc(OCC(=O)NCC(=O)Nc2ccccc2Br)c1. The molecule has 0 bridgehead atoms. The molecular weight excluding hydrogens is 388 g/mol. The molecule has 130 valence electrons. The van der Waals surface area contributed by atoms with Gasteiger partial charge in [-0.3, -0.25) is 14.4 Å². The fourth-order valence-electron chi connectivity index (χ4n) is 1.94. The largest absolute Gasteiger partial charge is 0.484 e. The summed E-state index contributed by atoms with van der Waals surface area (Å²) < 4.78 is 6.08. The normalized spacial score (nSPS) is 10.0. The van der Waals surface area contributed by atoms with Crippen LogP contribution in [0, 0.1) is 0 Å². The average molecular weight is 405 g/mol. The van der Waals surface area contributed by atoms with Crippen LogP contribution in [-0.2, 0) is 9.59 Å². The van der Waals surface area contributed by atoms with E-state index in [0.29, 0.717) is 17.0 Å². The van der Waals surface area contributed by atoms with Crippen molar-refractivity contribution in [2.24, 2.45) is 0 Å². The second-order valence-electron chi connectivity index (χ2n) is 5.18. The summed E-state index contributed by atoms with van der Waals surface area (Å²) in [5.41, 5.74) is 1.13. The molecule has 0 aromatic heterocycles. The number of para-hydroxylation sites is 1. The van der Waals surface area contributed by atoms with Crippen LogP contribution in [0.2, 0.25) is 0 Å². The monoisotopic (exact) mass is 404 g/mol. The molecule has 2 rings (SSSR count). The van der Waals surface area contributed by atoms with Crippen LogP contribution in [0.3, 0.4) is 0 Å². The molecule has 0 unspecified atom stereocenters. The smallest absolute Gasteiger partial charge is 0.258 e. The topological polar surface area (TPSA) is 84.5 Å². The minimum absolute atomic E-state index is 0.0846. The van der Waals surface area contributed by atoms with E-state index in [1.807, 2.05) is 6.07 Å². The highest BCUT2D eigenvalue weighted by Gasteiger charge is 2.09. The highest BCUT2D eigenvalue weighted by molar-refractivity contribution is 9.10. The molecule has 0 aliphatic rings. The van der Waals surface area contributed by atoms with Gasteiger partial charge in [-0.2, -0.15) is 0 Å². The number of ether oxygens (including phenoxy) is 1. The predicted octanol–water partition coefficient (Wildman–Crippen LogP) is 2.79. The van der Waals surface area contributed by atoms with Crippen LogP contribution in [0.15, 0.2) is 53.0 Å². The number of anilines is 1. The third-order valence-corrected chi connectivity index (χ3v) is 3.90. The first kappa shape index (κ1) is 18.7. The third kappa shape index (κ3) is 6.04. The van der Waals surface area contributed by atoms with Gasteiger partial charge in [-0.1, -0.05) is 24.3 Å². The zero-order chi connectivity index (χ0) is 18.2. The van der Waals surface area contributed by atoms with Crippen LogP contribution < -0.4 is 15.4 Å². The zero-order valence-electron chi connectivity index (χ0n) is 13.5. The molecule has 0 atom stereocenters. The molecule has 0 saturated heterocycles. The van der Waals surface area contributed by atoms with Crippen LogP contribution in [-0.4, -0.2) is 30.7 Å². The van der Waals surface area contributed by atoms with E-state index in [0.717, 1.165) is 4.47 Å². The Morgan fingerprint density at radius 3 is 2.52 bits per heavy atom. The molecule has 0 aliphatic carbocycles. The van der Waals surface area contributed by atoms with Crippen LogP contribution in [0.25, 0.3) is 0 Å². The molecule has 2 amide bonds. The van der Waals surface area contributed by atoms with Gasteiger partial charge in [0.2, 0.25) is 5.91 Å². The Morgan fingerprint density at radius 1 is 1.04 bits per heavy atom. The second-order valence-corrected chi connectivity index (χ2v) is 6.03. The van der Waals surface area contributed by atoms with E-state index in [1.54, 1.807) is 42.5 Å². The summed E-state index contributed by atoms with van der Waals surface area (Å²) in [5.74, 6) is -0.450.